The molecule has 0 fully saturated rings. The third-order valence-corrected chi connectivity index (χ3v) is 3.36. The fourth-order valence-electron chi connectivity index (χ4n) is 0.985. The second-order valence-electron chi connectivity index (χ2n) is 2.22. The maximum absolute atomic E-state index is 5.60. The Morgan fingerprint density at radius 1 is 1.20 bits per heavy atom. The van der Waals surface area contributed by atoms with Gasteiger partial charge in [-0.05, 0) is 0 Å². The molecule has 0 atom stereocenters. The van der Waals surface area contributed by atoms with Gasteiger partial charge in [0.1, 0.15) is 0 Å². The Bertz CT molecular complexity index is 351. The van der Waals surface area contributed by atoms with Gasteiger partial charge in [0.15, 0.2) is 0 Å². The molecule has 0 aliphatic rings. The SMILES string of the molecule is Nc1ccc2[se]ccc2c1. The third kappa shape index (κ3) is 0.859. The summed E-state index contributed by atoms with van der Waals surface area (Å²) in [4.78, 5) is 2.22. The average Bonchev–Trinajstić information content (AvgIpc) is 2.33. The molecule has 0 bridgehead atoms. The van der Waals surface area contributed by atoms with E-state index in [-0.39, 0.29) is 0 Å². The van der Waals surface area contributed by atoms with Crippen molar-refractivity contribution in [3.63, 3.8) is 0 Å². The summed E-state index contributed by atoms with van der Waals surface area (Å²) in [7, 11) is 0. The van der Waals surface area contributed by atoms with Crippen LogP contribution in [0.15, 0.2) is 29.2 Å². The first kappa shape index (κ1) is 6.02. The molecule has 0 amide bonds. The fourth-order valence-corrected chi connectivity index (χ4v) is 2.60. The van der Waals surface area contributed by atoms with Gasteiger partial charge in [-0.2, -0.15) is 0 Å². The molecule has 0 radical (unpaired) electrons. The van der Waals surface area contributed by atoms with Crippen LogP contribution in [0.1, 0.15) is 0 Å². The summed E-state index contributed by atoms with van der Waals surface area (Å²) >= 11 is 0.559. The zero-order chi connectivity index (χ0) is 6.97. The topological polar surface area (TPSA) is 26.0 Å². The molecule has 0 spiro atoms. The summed E-state index contributed by atoms with van der Waals surface area (Å²) in [5.74, 6) is 0. The van der Waals surface area contributed by atoms with Crippen LogP contribution >= 0.6 is 0 Å². The van der Waals surface area contributed by atoms with Crippen molar-refractivity contribution in [3.05, 3.63) is 29.2 Å². The van der Waals surface area contributed by atoms with Gasteiger partial charge in [-0.3, -0.25) is 0 Å². The molecule has 2 aromatic rings. The van der Waals surface area contributed by atoms with Crippen LogP contribution in [0.4, 0.5) is 5.69 Å². The first-order valence-corrected chi connectivity index (χ1v) is 4.93. The molecule has 0 saturated carbocycles. The molecule has 0 aliphatic carbocycles. The molecule has 1 aromatic carbocycles. The molecule has 2 N–H and O–H groups in total. The summed E-state index contributed by atoms with van der Waals surface area (Å²) in [6, 6.07) is 8.25. The van der Waals surface area contributed by atoms with Gasteiger partial charge in [0, 0.05) is 0 Å². The van der Waals surface area contributed by atoms with Gasteiger partial charge in [0.25, 0.3) is 0 Å². The summed E-state index contributed by atoms with van der Waals surface area (Å²) in [5.41, 5.74) is 6.47. The van der Waals surface area contributed by atoms with Crippen molar-refractivity contribution in [1.29, 1.82) is 0 Å². The van der Waals surface area contributed by atoms with Crippen molar-refractivity contribution in [2.24, 2.45) is 0 Å². The van der Waals surface area contributed by atoms with E-state index < -0.39 is 0 Å². The third-order valence-electron chi connectivity index (χ3n) is 1.48. The number of anilines is 1. The number of hydrogen-bond donors (Lipinski definition) is 1. The van der Waals surface area contributed by atoms with Crippen molar-refractivity contribution >= 4 is 29.8 Å². The standard InChI is InChI=1S/C8H7NSe/c9-7-1-2-8-6(5-7)3-4-10-8/h1-5H,9H2. The second kappa shape index (κ2) is 2.15. The van der Waals surface area contributed by atoms with Crippen LogP contribution in [0.3, 0.4) is 0 Å². The van der Waals surface area contributed by atoms with Gasteiger partial charge in [0.2, 0.25) is 0 Å². The molecule has 1 aromatic heterocycles. The number of nitrogen functional groups attached to an aromatic ring is 1. The molecule has 10 heavy (non-hydrogen) atoms. The van der Waals surface area contributed by atoms with E-state index in [1.807, 2.05) is 12.1 Å². The Kier molecular flexibility index (Phi) is 1.30. The number of rotatable bonds is 0. The summed E-state index contributed by atoms with van der Waals surface area (Å²) < 4.78 is 1.45. The number of hydrogen-bond acceptors (Lipinski definition) is 1. The summed E-state index contributed by atoms with van der Waals surface area (Å²) in [6.07, 6.45) is 0. The van der Waals surface area contributed by atoms with Gasteiger partial charge < -0.3 is 0 Å². The average molecular weight is 196 g/mol. The zero-order valence-corrected chi connectivity index (χ0v) is 7.09. The minimum atomic E-state index is 0.559. The van der Waals surface area contributed by atoms with E-state index >= 15 is 0 Å². The van der Waals surface area contributed by atoms with Crippen molar-refractivity contribution < 1.29 is 0 Å². The van der Waals surface area contributed by atoms with Gasteiger partial charge in [-0.1, -0.05) is 0 Å². The van der Waals surface area contributed by atoms with E-state index in [4.69, 9.17) is 5.73 Å². The number of benzene rings is 1. The van der Waals surface area contributed by atoms with E-state index in [2.05, 4.69) is 17.1 Å². The predicted octanol–water partition coefficient (Wildman–Crippen LogP) is 1.48. The Morgan fingerprint density at radius 2 is 2.10 bits per heavy atom. The van der Waals surface area contributed by atoms with Gasteiger partial charge in [-0.25, -0.2) is 0 Å². The van der Waals surface area contributed by atoms with Crippen LogP contribution < -0.4 is 5.73 Å². The molecule has 2 rings (SSSR count). The Balaban J connectivity index is 2.86. The number of nitrogens with two attached hydrogens (primary N) is 1. The van der Waals surface area contributed by atoms with E-state index in [1.54, 1.807) is 0 Å². The molecule has 0 saturated heterocycles. The van der Waals surface area contributed by atoms with Crippen molar-refractivity contribution in [1.82, 2.24) is 0 Å². The Labute approximate surface area is 65.2 Å². The molecule has 50 valence electrons. The van der Waals surface area contributed by atoms with Crippen molar-refractivity contribution in [2.45, 2.75) is 0 Å². The van der Waals surface area contributed by atoms with Crippen LogP contribution in [0, 0.1) is 0 Å². The van der Waals surface area contributed by atoms with E-state index in [9.17, 15) is 0 Å². The molecule has 1 heterocycles. The monoisotopic (exact) mass is 197 g/mol. The van der Waals surface area contributed by atoms with Crippen LogP contribution in [0.2, 0.25) is 0 Å². The summed E-state index contributed by atoms with van der Waals surface area (Å²) in [5, 5.41) is 1.31. The molecular weight excluding hydrogens is 189 g/mol. The molecule has 2 heteroatoms. The quantitative estimate of drug-likeness (QED) is 0.501. The van der Waals surface area contributed by atoms with Crippen LogP contribution in [-0.2, 0) is 0 Å². The predicted molar refractivity (Wildman–Crippen MR) is 45.3 cm³/mol. The van der Waals surface area contributed by atoms with E-state index in [0.717, 1.165) is 5.69 Å². The number of fused-ring (bicyclic) bond motifs is 1. The minimum absolute atomic E-state index is 0.559. The zero-order valence-electron chi connectivity index (χ0n) is 5.37. The first-order chi connectivity index (χ1) is 4.86. The van der Waals surface area contributed by atoms with E-state index in [0.29, 0.717) is 14.5 Å². The van der Waals surface area contributed by atoms with E-state index in [1.165, 1.54) is 9.65 Å². The van der Waals surface area contributed by atoms with Gasteiger partial charge in [0.05, 0.1) is 0 Å². The second-order valence-corrected chi connectivity index (χ2v) is 4.21. The van der Waals surface area contributed by atoms with Crippen LogP contribution in [0.5, 0.6) is 0 Å². The fraction of sp³-hybridized carbons (Fsp3) is 0. The molecular formula is C8H7NSe. The van der Waals surface area contributed by atoms with Gasteiger partial charge >= 0.3 is 64.8 Å². The van der Waals surface area contributed by atoms with Gasteiger partial charge in [-0.15, -0.1) is 0 Å². The maximum atomic E-state index is 5.60. The normalized spacial score (nSPS) is 10.4. The molecule has 0 aliphatic heterocycles. The summed E-state index contributed by atoms with van der Waals surface area (Å²) in [6.45, 7) is 0. The Hall–Kier alpha value is -0.721. The molecule has 0 unspecified atom stereocenters. The van der Waals surface area contributed by atoms with Crippen LogP contribution in [0.25, 0.3) is 9.65 Å². The van der Waals surface area contributed by atoms with Crippen LogP contribution in [-0.4, -0.2) is 14.5 Å². The Morgan fingerprint density at radius 3 is 3.00 bits per heavy atom. The van der Waals surface area contributed by atoms with Crippen molar-refractivity contribution in [3.8, 4) is 0 Å². The van der Waals surface area contributed by atoms with Crippen molar-refractivity contribution in [2.75, 3.05) is 5.73 Å². The first-order valence-electron chi connectivity index (χ1n) is 3.09. The molecule has 1 nitrogen and oxygen atoms in total.